The van der Waals surface area contributed by atoms with Gasteiger partial charge in [0.25, 0.3) is 0 Å². The van der Waals surface area contributed by atoms with Crippen LogP contribution < -0.4 is 5.73 Å². The number of likely N-dealkylation sites (tertiary alicyclic amines) is 1. The molecule has 1 heterocycles. The van der Waals surface area contributed by atoms with Crippen molar-refractivity contribution in [2.45, 2.75) is 12.5 Å². The molecule has 0 amide bonds. The molecule has 90 valence electrons. The molecule has 1 aromatic carbocycles. The molecular weight excluding hydrogens is 200 g/mol. The summed E-state index contributed by atoms with van der Waals surface area (Å²) in [6.45, 7) is 4.05. The fourth-order valence-electron chi connectivity index (χ4n) is 1.67. The molecule has 0 bridgehead atoms. The predicted molar refractivity (Wildman–Crippen MR) is 67.4 cm³/mol. The van der Waals surface area contributed by atoms with E-state index in [1.54, 1.807) is 7.11 Å². The molecule has 16 heavy (non-hydrogen) atoms. The second-order valence-corrected chi connectivity index (χ2v) is 4.00. The van der Waals surface area contributed by atoms with Gasteiger partial charge >= 0.3 is 0 Å². The molecule has 3 nitrogen and oxygen atoms in total. The van der Waals surface area contributed by atoms with Crippen LogP contribution in [-0.2, 0) is 4.74 Å². The average Bonchev–Trinajstić information content (AvgIpc) is 2.76. The Bertz CT molecular complexity index is 227. The number of benzene rings is 1. The summed E-state index contributed by atoms with van der Waals surface area (Å²) in [5.74, 6) is 0. The highest BCUT2D eigenvalue weighted by Crippen LogP contribution is 2.05. The Morgan fingerprint density at radius 1 is 1.19 bits per heavy atom. The average molecular weight is 222 g/mol. The molecule has 0 spiro atoms. The summed E-state index contributed by atoms with van der Waals surface area (Å²) in [5.41, 5.74) is 5.71. The lowest BCUT2D eigenvalue weighted by atomic mass is 10.3. The summed E-state index contributed by atoms with van der Waals surface area (Å²) in [5, 5.41) is 0. The third-order valence-corrected chi connectivity index (χ3v) is 2.59. The Balaban J connectivity index is 0.000000181. The van der Waals surface area contributed by atoms with Crippen molar-refractivity contribution >= 4 is 0 Å². The quantitative estimate of drug-likeness (QED) is 0.839. The van der Waals surface area contributed by atoms with Crippen molar-refractivity contribution in [1.82, 2.24) is 4.90 Å². The lowest BCUT2D eigenvalue weighted by Crippen LogP contribution is -2.28. The van der Waals surface area contributed by atoms with E-state index in [0.717, 1.165) is 32.7 Å². The lowest BCUT2D eigenvalue weighted by molar-refractivity contribution is 0.160. The van der Waals surface area contributed by atoms with Gasteiger partial charge in [-0.3, -0.25) is 4.90 Å². The van der Waals surface area contributed by atoms with E-state index >= 15 is 0 Å². The van der Waals surface area contributed by atoms with Crippen LogP contribution in [-0.4, -0.2) is 44.3 Å². The smallest absolute Gasteiger partial charge is 0.0589 e. The largest absolute Gasteiger partial charge is 0.383 e. The Hall–Kier alpha value is -0.900. The molecular formula is C13H22N2O. The highest BCUT2D eigenvalue weighted by Gasteiger charge is 2.17. The van der Waals surface area contributed by atoms with Crippen LogP contribution >= 0.6 is 0 Å². The first kappa shape index (κ1) is 13.2. The summed E-state index contributed by atoms with van der Waals surface area (Å²) in [6.07, 6.45) is 1.14. The van der Waals surface area contributed by atoms with E-state index in [9.17, 15) is 0 Å². The monoisotopic (exact) mass is 222 g/mol. The van der Waals surface area contributed by atoms with E-state index in [1.807, 2.05) is 36.4 Å². The molecule has 1 aliphatic rings. The zero-order valence-corrected chi connectivity index (χ0v) is 10.0. The van der Waals surface area contributed by atoms with Crippen molar-refractivity contribution in [3.63, 3.8) is 0 Å². The van der Waals surface area contributed by atoms with Gasteiger partial charge in [-0.2, -0.15) is 0 Å². The number of nitrogens with zero attached hydrogens (tertiary/aromatic N) is 1. The molecule has 1 atom stereocenters. The van der Waals surface area contributed by atoms with Crippen molar-refractivity contribution in [3.05, 3.63) is 36.4 Å². The van der Waals surface area contributed by atoms with Crippen LogP contribution in [0.25, 0.3) is 0 Å². The minimum atomic E-state index is 0.400. The first-order valence-corrected chi connectivity index (χ1v) is 5.80. The first-order valence-electron chi connectivity index (χ1n) is 5.80. The van der Waals surface area contributed by atoms with Crippen LogP contribution in [0.3, 0.4) is 0 Å². The van der Waals surface area contributed by atoms with Crippen LogP contribution in [0.2, 0.25) is 0 Å². The number of hydrogen-bond acceptors (Lipinski definition) is 3. The van der Waals surface area contributed by atoms with Crippen LogP contribution in [0.1, 0.15) is 6.42 Å². The van der Waals surface area contributed by atoms with E-state index in [0.29, 0.717) is 6.04 Å². The minimum Gasteiger partial charge on any atom is -0.383 e. The fraction of sp³-hybridized carbons (Fsp3) is 0.538. The van der Waals surface area contributed by atoms with E-state index in [2.05, 4.69) is 4.90 Å². The second kappa shape index (κ2) is 8.28. The summed E-state index contributed by atoms with van der Waals surface area (Å²) in [6, 6.07) is 12.4. The van der Waals surface area contributed by atoms with Gasteiger partial charge in [-0.15, -0.1) is 0 Å². The Morgan fingerprint density at radius 2 is 1.75 bits per heavy atom. The van der Waals surface area contributed by atoms with Gasteiger partial charge in [0.2, 0.25) is 0 Å². The van der Waals surface area contributed by atoms with Gasteiger partial charge in [-0.05, 0) is 13.0 Å². The first-order chi connectivity index (χ1) is 7.83. The third kappa shape index (κ3) is 5.85. The molecule has 1 fully saturated rings. The van der Waals surface area contributed by atoms with Crippen LogP contribution in [0.15, 0.2) is 36.4 Å². The van der Waals surface area contributed by atoms with Crippen molar-refractivity contribution in [2.75, 3.05) is 33.4 Å². The molecule has 3 heteroatoms. The SMILES string of the molecule is COCCN1CCC(N)C1.c1ccccc1. The maximum atomic E-state index is 5.71. The fourth-order valence-corrected chi connectivity index (χ4v) is 1.67. The third-order valence-electron chi connectivity index (χ3n) is 2.59. The van der Waals surface area contributed by atoms with E-state index < -0.39 is 0 Å². The molecule has 1 aromatic rings. The van der Waals surface area contributed by atoms with Crippen LogP contribution in [0.4, 0.5) is 0 Å². The van der Waals surface area contributed by atoms with E-state index in [1.165, 1.54) is 0 Å². The summed E-state index contributed by atoms with van der Waals surface area (Å²) in [7, 11) is 1.73. The van der Waals surface area contributed by atoms with Gasteiger partial charge in [0.05, 0.1) is 6.61 Å². The zero-order chi connectivity index (χ0) is 11.6. The number of hydrogen-bond donors (Lipinski definition) is 1. The predicted octanol–water partition coefficient (Wildman–Crippen LogP) is 1.35. The van der Waals surface area contributed by atoms with Crippen molar-refractivity contribution in [2.24, 2.45) is 5.73 Å². The van der Waals surface area contributed by atoms with Crippen LogP contribution in [0, 0.1) is 0 Å². The zero-order valence-electron chi connectivity index (χ0n) is 10.0. The maximum Gasteiger partial charge on any atom is 0.0589 e. The molecule has 0 aromatic heterocycles. The normalized spacial score (nSPS) is 20.2. The van der Waals surface area contributed by atoms with Gasteiger partial charge in [-0.25, -0.2) is 0 Å². The van der Waals surface area contributed by atoms with Gasteiger partial charge in [0, 0.05) is 26.2 Å². The van der Waals surface area contributed by atoms with Gasteiger partial charge in [-0.1, -0.05) is 36.4 Å². The topological polar surface area (TPSA) is 38.5 Å². The highest BCUT2D eigenvalue weighted by molar-refractivity contribution is 4.99. The molecule has 0 aliphatic carbocycles. The van der Waals surface area contributed by atoms with Crippen molar-refractivity contribution in [1.29, 1.82) is 0 Å². The Morgan fingerprint density at radius 3 is 2.12 bits per heavy atom. The van der Waals surface area contributed by atoms with E-state index in [4.69, 9.17) is 10.5 Å². The minimum absolute atomic E-state index is 0.400. The number of rotatable bonds is 3. The number of methoxy groups -OCH3 is 1. The molecule has 1 saturated heterocycles. The molecule has 1 unspecified atom stereocenters. The summed E-state index contributed by atoms with van der Waals surface area (Å²) in [4.78, 5) is 2.34. The second-order valence-electron chi connectivity index (χ2n) is 4.00. The Kier molecular flexibility index (Phi) is 6.81. The standard InChI is InChI=1S/C7H16N2O.C6H6/c1-10-5-4-9-3-2-7(8)6-9;1-2-4-6-5-3-1/h7H,2-6,8H2,1H3;1-6H. The van der Waals surface area contributed by atoms with Gasteiger partial charge in [0.15, 0.2) is 0 Å². The Labute approximate surface area is 98.2 Å². The van der Waals surface area contributed by atoms with Gasteiger partial charge < -0.3 is 10.5 Å². The lowest BCUT2D eigenvalue weighted by Gasteiger charge is -2.13. The summed E-state index contributed by atoms with van der Waals surface area (Å²) >= 11 is 0. The molecule has 1 aliphatic heterocycles. The van der Waals surface area contributed by atoms with E-state index in [-0.39, 0.29) is 0 Å². The summed E-state index contributed by atoms with van der Waals surface area (Å²) < 4.78 is 4.96. The van der Waals surface area contributed by atoms with Gasteiger partial charge in [0.1, 0.15) is 0 Å². The van der Waals surface area contributed by atoms with Crippen molar-refractivity contribution < 1.29 is 4.74 Å². The number of ether oxygens (including phenoxy) is 1. The number of nitrogens with two attached hydrogens (primary N) is 1. The van der Waals surface area contributed by atoms with Crippen molar-refractivity contribution in [3.8, 4) is 0 Å². The highest BCUT2D eigenvalue weighted by atomic mass is 16.5. The maximum absolute atomic E-state index is 5.71. The molecule has 2 rings (SSSR count). The molecule has 0 radical (unpaired) electrons. The molecule has 0 saturated carbocycles. The molecule has 2 N–H and O–H groups in total. The van der Waals surface area contributed by atoms with Crippen LogP contribution in [0.5, 0.6) is 0 Å².